The van der Waals surface area contributed by atoms with Gasteiger partial charge in [0.15, 0.2) is 0 Å². The Balaban J connectivity index is 1.24. The molecular weight excluding hydrogens is 512 g/mol. The van der Waals surface area contributed by atoms with Crippen LogP contribution in [0.25, 0.3) is 27.1 Å². The average Bonchev–Trinajstić information content (AvgIpc) is 3.23. The number of nitrogen functional groups attached to an aromatic ring is 1. The Morgan fingerprint density at radius 3 is 2.62 bits per heavy atom. The summed E-state index contributed by atoms with van der Waals surface area (Å²) in [6.07, 6.45) is 24.6. The molecule has 1 unspecified atom stereocenters. The lowest BCUT2D eigenvalue weighted by molar-refractivity contribution is 0.643. The van der Waals surface area contributed by atoms with E-state index in [1.165, 1.54) is 50.0 Å². The molecule has 0 saturated carbocycles. The predicted octanol–water partition coefficient (Wildman–Crippen LogP) is 8.30. The van der Waals surface area contributed by atoms with E-state index in [0.29, 0.717) is 0 Å². The molecule has 0 saturated heterocycles. The van der Waals surface area contributed by atoms with Crippen molar-refractivity contribution in [3.05, 3.63) is 125 Å². The molecule has 1 atom stereocenters. The van der Waals surface area contributed by atoms with Gasteiger partial charge in [0, 0.05) is 56.6 Å². The Labute approximate surface area is 248 Å². The van der Waals surface area contributed by atoms with Crippen LogP contribution in [0.15, 0.2) is 114 Å². The van der Waals surface area contributed by atoms with Gasteiger partial charge in [0.25, 0.3) is 0 Å². The fourth-order valence-electron chi connectivity index (χ4n) is 7.12. The molecule has 0 amide bonds. The van der Waals surface area contributed by atoms with Crippen molar-refractivity contribution >= 4 is 38.5 Å². The van der Waals surface area contributed by atoms with Crippen molar-refractivity contribution < 1.29 is 0 Å². The van der Waals surface area contributed by atoms with Crippen LogP contribution in [0.5, 0.6) is 0 Å². The first-order chi connectivity index (χ1) is 20.4. The first kappa shape index (κ1) is 26.6. The number of allylic oxidation sites excluding steroid dienone is 10. The van der Waals surface area contributed by atoms with Crippen LogP contribution in [0.4, 0.5) is 11.4 Å². The highest BCUT2D eigenvalue weighted by Crippen LogP contribution is 2.53. The predicted molar refractivity (Wildman–Crippen MR) is 180 cm³/mol. The maximum absolute atomic E-state index is 6.93. The zero-order valence-corrected chi connectivity index (χ0v) is 24.6. The van der Waals surface area contributed by atoms with Gasteiger partial charge in [0.05, 0.1) is 5.69 Å². The molecule has 0 heterocycles. The van der Waals surface area contributed by atoms with Gasteiger partial charge in [-0.2, -0.15) is 0 Å². The van der Waals surface area contributed by atoms with Gasteiger partial charge in [-0.1, -0.05) is 80.6 Å². The Morgan fingerprint density at radius 2 is 1.81 bits per heavy atom. The topological polar surface area (TPSA) is 76.1 Å². The molecule has 4 heteroatoms. The van der Waals surface area contributed by atoms with Crippen LogP contribution in [0.2, 0.25) is 0 Å². The van der Waals surface area contributed by atoms with E-state index in [1.54, 1.807) is 0 Å². The monoisotopic (exact) mass is 552 g/mol. The minimum Gasteiger partial charge on any atom is -0.398 e. The van der Waals surface area contributed by atoms with Crippen LogP contribution in [-0.4, -0.2) is 12.6 Å². The zero-order valence-electron chi connectivity index (χ0n) is 24.6. The number of hydrogen-bond donors (Lipinski definition) is 4. The number of hydrogen-bond acceptors (Lipinski definition) is 4. The number of anilines is 2. The second kappa shape index (κ2) is 10.5. The lowest BCUT2D eigenvalue weighted by Crippen LogP contribution is -2.22. The number of nitrogens with two attached hydrogens (primary N) is 2. The van der Waals surface area contributed by atoms with E-state index in [9.17, 15) is 0 Å². The molecule has 0 spiro atoms. The Kier molecular flexibility index (Phi) is 6.67. The summed E-state index contributed by atoms with van der Waals surface area (Å²) in [7, 11) is 0. The fraction of sp³-hybridized carbons (Fsp3) is 0.263. The molecule has 212 valence electrons. The van der Waals surface area contributed by atoms with Gasteiger partial charge >= 0.3 is 0 Å². The molecule has 4 aliphatic rings. The van der Waals surface area contributed by atoms with Crippen LogP contribution >= 0.6 is 0 Å². The van der Waals surface area contributed by atoms with Gasteiger partial charge in [0.2, 0.25) is 0 Å². The number of fused-ring (bicyclic) bond motifs is 4. The zero-order chi connectivity index (χ0) is 28.8. The van der Waals surface area contributed by atoms with Gasteiger partial charge in [-0.05, 0) is 84.2 Å². The third-order valence-corrected chi connectivity index (χ3v) is 9.44. The summed E-state index contributed by atoms with van der Waals surface area (Å²) < 4.78 is 0. The summed E-state index contributed by atoms with van der Waals surface area (Å²) >= 11 is 0. The van der Waals surface area contributed by atoms with Crippen LogP contribution in [0, 0.1) is 0 Å². The minimum absolute atomic E-state index is 0.00323. The molecular formula is C38H40N4. The molecule has 4 aliphatic carbocycles. The van der Waals surface area contributed by atoms with E-state index < -0.39 is 0 Å². The molecule has 6 N–H and O–H groups in total. The summed E-state index contributed by atoms with van der Waals surface area (Å²) in [4.78, 5) is 0. The van der Waals surface area contributed by atoms with Gasteiger partial charge in [0.1, 0.15) is 0 Å². The fourth-order valence-corrected chi connectivity index (χ4v) is 7.12. The molecule has 7 rings (SSSR count). The number of nitrogens with one attached hydrogen (secondary N) is 2. The molecule has 4 nitrogen and oxygen atoms in total. The van der Waals surface area contributed by atoms with Crippen LogP contribution in [0.1, 0.15) is 57.1 Å². The highest BCUT2D eigenvalue weighted by Gasteiger charge is 2.38. The Morgan fingerprint density at radius 1 is 0.952 bits per heavy atom. The van der Waals surface area contributed by atoms with Gasteiger partial charge in [-0.15, -0.1) is 0 Å². The minimum atomic E-state index is -0.0926. The third kappa shape index (κ3) is 4.51. The SMILES string of the molecule is CC1(C)C2=C(CCC(NCC/C=C3/C=CC=CC3N)=C2)c2cc3c(N)c4ccccc4c(NC4=CC=CCC4)c3cc21. The normalized spacial score (nSPS) is 21.5. The maximum Gasteiger partial charge on any atom is 0.0542 e. The highest BCUT2D eigenvalue weighted by molar-refractivity contribution is 6.20. The summed E-state index contributed by atoms with van der Waals surface area (Å²) in [6.45, 7) is 5.66. The van der Waals surface area contributed by atoms with Gasteiger partial charge in [-0.3, -0.25) is 0 Å². The van der Waals surface area contributed by atoms with Crippen molar-refractivity contribution in [3.8, 4) is 0 Å². The summed E-state index contributed by atoms with van der Waals surface area (Å²) in [5, 5.41) is 12.2. The van der Waals surface area contributed by atoms with E-state index in [1.807, 2.05) is 12.2 Å². The first-order valence-corrected chi connectivity index (χ1v) is 15.3. The van der Waals surface area contributed by atoms with Crippen LogP contribution in [-0.2, 0) is 5.41 Å². The molecule has 0 aromatic heterocycles. The van der Waals surface area contributed by atoms with Crippen molar-refractivity contribution in [3.63, 3.8) is 0 Å². The molecule has 3 aromatic rings. The smallest absolute Gasteiger partial charge is 0.0542 e. The first-order valence-electron chi connectivity index (χ1n) is 15.3. The maximum atomic E-state index is 6.93. The molecule has 0 bridgehead atoms. The number of rotatable bonds is 6. The summed E-state index contributed by atoms with van der Waals surface area (Å²) in [6, 6.07) is 13.4. The van der Waals surface area contributed by atoms with Crippen molar-refractivity contribution in [2.75, 3.05) is 17.6 Å². The number of benzene rings is 3. The molecule has 0 radical (unpaired) electrons. The van der Waals surface area contributed by atoms with Crippen molar-refractivity contribution in [1.82, 2.24) is 5.32 Å². The molecule has 0 aliphatic heterocycles. The van der Waals surface area contributed by atoms with Crippen molar-refractivity contribution in [1.29, 1.82) is 0 Å². The summed E-state index contributed by atoms with van der Waals surface area (Å²) in [5.74, 6) is 0. The Hall–Kier alpha value is -4.28. The molecule has 0 fully saturated rings. The largest absolute Gasteiger partial charge is 0.398 e. The van der Waals surface area contributed by atoms with Crippen LogP contribution in [0.3, 0.4) is 0 Å². The van der Waals surface area contributed by atoms with E-state index in [-0.39, 0.29) is 11.5 Å². The Bertz CT molecular complexity index is 1820. The van der Waals surface area contributed by atoms with Gasteiger partial charge in [-0.25, -0.2) is 0 Å². The summed E-state index contributed by atoms with van der Waals surface area (Å²) in [5.41, 5.74) is 24.5. The van der Waals surface area contributed by atoms with Crippen LogP contribution < -0.4 is 22.1 Å². The molecule has 42 heavy (non-hydrogen) atoms. The quantitative estimate of drug-likeness (QED) is 0.107. The second-order valence-corrected chi connectivity index (χ2v) is 12.4. The van der Waals surface area contributed by atoms with Gasteiger partial charge < -0.3 is 22.1 Å². The lowest BCUT2D eigenvalue weighted by Gasteiger charge is -2.26. The van der Waals surface area contributed by atoms with Crippen molar-refractivity contribution in [2.45, 2.75) is 57.4 Å². The van der Waals surface area contributed by atoms with E-state index in [4.69, 9.17) is 11.5 Å². The highest BCUT2D eigenvalue weighted by atomic mass is 14.9. The van der Waals surface area contributed by atoms with E-state index in [0.717, 1.165) is 60.8 Å². The average molecular weight is 553 g/mol. The van der Waals surface area contributed by atoms with E-state index >= 15 is 0 Å². The van der Waals surface area contributed by atoms with E-state index in [2.05, 4.69) is 103 Å². The lowest BCUT2D eigenvalue weighted by atomic mass is 9.79. The third-order valence-electron chi connectivity index (χ3n) is 9.44. The second-order valence-electron chi connectivity index (χ2n) is 12.4. The molecule has 3 aromatic carbocycles. The van der Waals surface area contributed by atoms with Crippen molar-refractivity contribution in [2.24, 2.45) is 5.73 Å². The standard InChI is InChI=1S/C38H40N4/c1-38(2)33-21-26(41-20-10-12-24-11-6-9-17-35(24)39)18-19-27(33)30-22-31-32(23-34(30)38)37(42-25-13-4-3-5-14-25)29-16-8-7-15-28(29)36(31)40/h3-4,6-9,11-13,15-17,21-23,35,41-42H,5,10,14,18-20,39-40H2,1-2H3/b24-12-.